The maximum Gasteiger partial charge on any atom is 0.343 e. The van der Waals surface area contributed by atoms with Gasteiger partial charge in [0, 0.05) is 12.6 Å². The monoisotopic (exact) mass is 300 g/mol. The molecule has 1 heterocycles. The maximum atomic E-state index is 11.4. The van der Waals surface area contributed by atoms with Crippen molar-refractivity contribution in [3.8, 4) is 11.8 Å². The highest BCUT2D eigenvalue weighted by Crippen LogP contribution is 2.34. The average Bonchev–Trinajstić information content (AvgIpc) is 2.75. The normalized spacial score (nSPS) is 11.3. The first-order valence-electron chi connectivity index (χ1n) is 7.02. The molecule has 1 N–H and O–H groups in total. The number of ether oxygens (including phenoxy) is 1. The van der Waals surface area contributed by atoms with Crippen molar-refractivity contribution in [2.24, 2.45) is 7.05 Å². The zero-order valence-electron chi connectivity index (χ0n) is 13.5. The van der Waals surface area contributed by atoms with Gasteiger partial charge < -0.3 is 4.74 Å². The largest absolute Gasteiger partial charge is 0.485 e. The van der Waals surface area contributed by atoms with Crippen molar-refractivity contribution in [2.45, 2.75) is 39.7 Å². The summed E-state index contributed by atoms with van der Waals surface area (Å²) in [5, 5.41) is 15.5. The second-order valence-electron chi connectivity index (χ2n) is 6.32. The zero-order chi connectivity index (χ0) is 16.5. The van der Waals surface area contributed by atoms with Crippen LogP contribution in [0.25, 0.3) is 0 Å². The summed E-state index contributed by atoms with van der Waals surface area (Å²) in [4.78, 5) is 11.4. The summed E-state index contributed by atoms with van der Waals surface area (Å²) < 4.78 is 7.28. The zero-order valence-corrected chi connectivity index (χ0v) is 13.5. The average molecular weight is 300 g/mol. The van der Waals surface area contributed by atoms with Gasteiger partial charge in [-0.1, -0.05) is 20.8 Å². The lowest BCUT2D eigenvalue weighted by atomic mass is 9.84. The molecule has 0 saturated carbocycles. The summed E-state index contributed by atoms with van der Waals surface area (Å²) in [6.07, 6.45) is 0. The number of nitrogens with zero attached hydrogens (tertiary/aromatic N) is 3. The van der Waals surface area contributed by atoms with Gasteiger partial charge in [-0.2, -0.15) is 10.4 Å². The van der Waals surface area contributed by atoms with Gasteiger partial charge in [0.25, 0.3) is 0 Å². The van der Waals surface area contributed by atoms with Gasteiger partial charge in [0.1, 0.15) is 12.4 Å². The third-order valence-corrected chi connectivity index (χ3v) is 3.58. The predicted molar refractivity (Wildman–Crippen MR) is 82.8 cm³/mol. The van der Waals surface area contributed by atoms with Crippen LogP contribution >= 0.6 is 0 Å². The second kappa shape index (κ2) is 5.68. The highest BCUT2D eigenvalue weighted by Gasteiger charge is 2.21. The molecule has 0 spiro atoms. The third kappa shape index (κ3) is 3.03. The summed E-state index contributed by atoms with van der Waals surface area (Å²) in [6, 6.07) is 5.94. The van der Waals surface area contributed by atoms with Crippen molar-refractivity contribution in [1.29, 1.82) is 5.26 Å². The predicted octanol–water partition coefficient (Wildman–Crippen LogP) is 2.17. The SMILES string of the molecule is Cc1cc(OCc2n[nH]c(=O)n2C)c(C(C)(C)C)cc1C#N. The van der Waals surface area contributed by atoms with Gasteiger partial charge in [-0.05, 0) is 30.0 Å². The first-order valence-corrected chi connectivity index (χ1v) is 7.02. The van der Waals surface area contributed by atoms with Crippen LogP contribution in [0, 0.1) is 18.3 Å². The topological polar surface area (TPSA) is 83.7 Å². The van der Waals surface area contributed by atoms with E-state index in [0.717, 1.165) is 11.1 Å². The minimum Gasteiger partial charge on any atom is -0.485 e. The number of nitriles is 1. The number of hydrogen-bond donors (Lipinski definition) is 1. The first-order chi connectivity index (χ1) is 10.2. The van der Waals surface area contributed by atoms with Crippen molar-refractivity contribution in [3.63, 3.8) is 0 Å². The molecule has 0 saturated heterocycles. The molecule has 0 unspecified atom stereocenters. The van der Waals surface area contributed by atoms with Crippen LogP contribution < -0.4 is 10.4 Å². The van der Waals surface area contributed by atoms with Crippen molar-refractivity contribution in [2.75, 3.05) is 0 Å². The Bertz CT molecular complexity index is 788. The lowest BCUT2D eigenvalue weighted by Crippen LogP contribution is -2.17. The minimum absolute atomic E-state index is 0.161. The highest BCUT2D eigenvalue weighted by atomic mass is 16.5. The van der Waals surface area contributed by atoms with E-state index in [-0.39, 0.29) is 17.7 Å². The number of nitrogens with one attached hydrogen (secondary N) is 1. The number of rotatable bonds is 3. The molecule has 0 aliphatic heterocycles. The van der Waals surface area contributed by atoms with Gasteiger partial charge >= 0.3 is 5.69 Å². The summed E-state index contributed by atoms with van der Waals surface area (Å²) in [5.74, 6) is 1.23. The van der Waals surface area contributed by atoms with Crippen LogP contribution in [-0.4, -0.2) is 14.8 Å². The number of H-pyrrole nitrogens is 1. The Morgan fingerprint density at radius 1 is 1.41 bits per heavy atom. The lowest BCUT2D eigenvalue weighted by molar-refractivity contribution is 0.283. The molecule has 0 atom stereocenters. The maximum absolute atomic E-state index is 11.4. The van der Waals surface area contributed by atoms with Crippen LogP contribution in [0.15, 0.2) is 16.9 Å². The first kappa shape index (κ1) is 15.8. The van der Waals surface area contributed by atoms with Crippen LogP contribution in [-0.2, 0) is 19.1 Å². The van der Waals surface area contributed by atoms with E-state index in [1.165, 1.54) is 4.57 Å². The van der Waals surface area contributed by atoms with Crippen LogP contribution in [0.3, 0.4) is 0 Å². The quantitative estimate of drug-likeness (QED) is 0.941. The van der Waals surface area contributed by atoms with E-state index in [1.54, 1.807) is 7.05 Å². The van der Waals surface area contributed by atoms with E-state index in [1.807, 2.05) is 19.1 Å². The molecule has 2 aromatic rings. The Kier molecular flexibility index (Phi) is 4.09. The Hall–Kier alpha value is -2.55. The van der Waals surface area contributed by atoms with Crippen LogP contribution in [0.4, 0.5) is 0 Å². The molecule has 0 bridgehead atoms. The van der Waals surface area contributed by atoms with Crippen molar-refractivity contribution >= 4 is 0 Å². The van der Waals surface area contributed by atoms with Gasteiger partial charge in [0.15, 0.2) is 5.82 Å². The Labute approximate surface area is 129 Å². The number of aromatic amines is 1. The molecule has 0 aliphatic carbocycles. The molecular weight excluding hydrogens is 280 g/mol. The molecule has 22 heavy (non-hydrogen) atoms. The van der Waals surface area contributed by atoms with E-state index >= 15 is 0 Å². The van der Waals surface area contributed by atoms with Crippen LogP contribution in [0.5, 0.6) is 5.75 Å². The van der Waals surface area contributed by atoms with E-state index < -0.39 is 0 Å². The number of benzene rings is 1. The smallest absolute Gasteiger partial charge is 0.343 e. The molecule has 2 rings (SSSR count). The Balaban J connectivity index is 2.38. The molecule has 0 radical (unpaired) electrons. The number of aryl methyl sites for hydroxylation is 1. The van der Waals surface area contributed by atoms with Crippen molar-refractivity contribution in [3.05, 3.63) is 45.1 Å². The van der Waals surface area contributed by atoms with E-state index in [9.17, 15) is 10.1 Å². The Morgan fingerprint density at radius 2 is 2.09 bits per heavy atom. The molecule has 0 fully saturated rings. The molecule has 116 valence electrons. The van der Waals surface area contributed by atoms with Crippen molar-refractivity contribution in [1.82, 2.24) is 14.8 Å². The summed E-state index contributed by atoms with van der Waals surface area (Å²) in [6.45, 7) is 8.26. The molecular formula is C16H20N4O2. The molecule has 0 amide bonds. The lowest BCUT2D eigenvalue weighted by Gasteiger charge is -2.23. The molecule has 1 aromatic heterocycles. The molecule has 0 aliphatic rings. The van der Waals surface area contributed by atoms with Crippen molar-refractivity contribution < 1.29 is 4.74 Å². The van der Waals surface area contributed by atoms with Crippen LogP contribution in [0.1, 0.15) is 43.3 Å². The van der Waals surface area contributed by atoms with E-state index in [2.05, 4.69) is 37.0 Å². The van der Waals surface area contributed by atoms with Gasteiger partial charge in [0.2, 0.25) is 0 Å². The van der Waals surface area contributed by atoms with E-state index in [0.29, 0.717) is 17.1 Å². The highest BCUT2D eigenvalue weighted by molar-refractivity contribution is 5.49. The summed E-state index contributed by atoms with van der Waals surface area (Å²) in [7, 11) is 1.64. The Morgan fingerprint density at radius 3 is 2.59 bits per heavy atom. The van der Waals surface area contributed by atoms with Gasteiger partial charge in [-0.15, -0.1) is 0 Å². The minimum atomic E-state index is -0.273. The van der Waals surface area contributed by atoms with Gasteiger partial charge in [0.05, 0.1) is 11.6 Å². The molecule has 6 nitrogen and oxygen atoms in total. The fourth-order valence-electron chi connectivity index (χ4n) is 2.16. The van der Waals surface area contributed by atoms with Crippen LogP contribution in [0.2, 0.25) is 0 Å². The van der Waals surface area contributed by atoms with E-state index in [4.69, 9.17) is 4.74 Å². The number of aromatic nitrogens is 3. The second-order valence-corrected chi connectivity index (χ2v) is 6.32. The number of hydrogen-bond acceptors (Lipinski definition) is 4. The summed E-state index contributed by atoms with van der Waals surface area (Å²) >= 11 is 0. The van der Waals surface area contributed by atoms with Gasteiger partial charge in [-0.25, -0.2) is 9.89 Å². The fourth-order valence-corrected chi connectivity index (χ4v) is 2.16. The standard InChI is InChI=1S/C16H20N4O2/c1-10-6-13(12(16(2,3)4)7-11(10)8-17)22-9-14-18-19-15(21)20(14)5/h6-7H,9H2,1-5H3,(H,19,21). The summed E-state index contributed by atoms with van der Waals surface area (Å²) in [5.41, 5.74) is 2.03. The molecule has 6 heteroatoms. The fraction of sp³-hybridized carbons (Fsp3) is 0.438. The van der Waals surface area contributed by atoms with Gasteiger partial charge in [-0.3, -0.25) is 4.57 Å². The third-order valence-electron chi connectivity index (χ3n) is 3.58. The molecule has 1 aromatic carbocycles.